The van der Waals surface area contributed by atoms with Crippen LogP contribution in [-0.4, -0.2) is 28.0 Å². The summed E-state index contributed by atoms with van der Waals surface area (Å²) in [4.78, 5) is 23.8. The molecule has 22 heavy (non-hydrogen) atoms. The fourth-order valence-electron chi connectivity index (χ4n) is 2.91. The van der Waals surface area contributed by atoms with Gasteiger partial charge in [-0.05, 0) is 49.7 Å². The second kappa shape index (κ2) is 5.67. The highest BCUT2D eigenvalue weighted by Gasteiger charge is 2.31. The van der Waals surface area contributed by atoms with Crippen LogP contribution in [0, 0.1) is 0 Å². The van der Waals surface area contributed by atoms with Crippen molar-refractivity contribution in [2.45, 2.75) is 25.8 Å². The van der Waals surface area contributed by atoms with Crippen molar-refractivity contribution in [3.8, 4) is 5.75 Å². The molecule has 0 bridgehead atoms. The lowest BCUT2D eigenvalue weighted by Gasteiger charge is -2.07. The SMILES string of the molecule is CCOc1ccc(C(=O)c2ccc3n2CCC3C(=O)O)cc1. The summed E-state index contributed by atoms with van der Waals surface area (Å²) in [6, 6.07) is 10.5. The Morgan fingerprint density at radius 2 is 1.95 bits per heavy atom. The molecule has 1 aliphatic rings. The van der Waals surface area contributed by atoms with Gasteiger partial charge in [0.25, 0.3) is 0 Å². The van der Waals surface area contributed by atoms with Crippen LogP contribution in [0.15, 0.2) is 36.4 Å². The van der Waals surface area contributed by atoms with Gasteiger partial charge in [-0.25, -0.2) is 0 Å². The van der Waals surface area contributed by atoms with E-state index in [1.165, 1.54) is 0 Å². The molecule has 1 aromatic heterocycles. The van der Waals surface area contributed by atoms with Crippen LogP contribution in [0.2, 0.25) is 0 Å². The van der Waals surface area contributed by atoms with Gasteiger partial charge in [0, 0.05) is 17.8 Å². The highest BCUT2D eigenvalue weighted by Crippen LogP contribution is 2.31. The fourth-order valence-corrected chi connectivity index (χ4v) is 2.91. The first kappa shape index (κ1) is 14.4. The molecule has 1 N–H and O–H groups in total. The fraction of sp³-hybridized carbons (Fsp3) is 0.294. The van der Waals surface area contributed by atoms with E-state index in [2.05, 4.69) is 0 Å². The molecular formula is C17H17NO4. The van der Waals surface area contributed by atoms with Gasteiger partial charge in [-0.3, -0.25) is 9.59 Å². The van der Waals surface area contributed by atoms with E-state index in [0.717, 1.165) is 5.75 Å². The Morgan fingerprint density at radius 3 is 2.59 bits per heavy atom. The van der Waals surface area contributed by atoms with Gasteiger partial charge < -0.3 is 14.4 Å². The van der Waals surface area contributed by atoms with Gasteiger partial charge in [0.1, 0.15) is 5.75 Å². The van der Waals surface area contributed by atoms with Crippen molar-refractivity contribution in [1.82, 2.24) is 4.57 Å². The second-order valence-electron chi connectivity index (χ2n) is 5.26. The molecule has 0 saturated carbocycles. The topological polar surface area (TPSA) is 68.5 Å². The van der Waals surface area contributed by atoms with Crippen LogP contribution in [-0.2, 0) is 11.3 Å². The molecule has 1 atom stereocenters. The zero-order valence-electron chi connectivity index (χ0n) is 12.3. The number of rotatable bonds is 5. The molecule has 5 nitrogen and oxygen atoms in total. The molecule has 0 amide bonds. The molecule has 1 aromatic carbocycles. The summed E-state index contributed by atoms with van der Waals surface area (Å²) in [5, 5.41) is 9.19. The Balaban J connectivity index is 1.87. The monoisotopic (exact) mass is 299 g/mol. The van der Waals surface area contributed by atoms with Crippen LogP contribution in [0.5, 0.6) is 5.75 Å². The molecule has 0 spiro atoms. The maximum absolute atomic E-state index is 12.6. The number of hydrogen-bond acceptors (Lipinski definition) is 3. The highest BCUT2D eigenvalue weighted by atomic mass is 16.5. The van der Waals surface area contributed by atoms with Gasteiger partial charge in [-0.1, -0.05) is 0 Å². The Labute approximate surface area is 128 Å². The summed E-state index contributed by atoms with van der Waals surface area (Å²) in [5.74, 6) is -0.718. The number of benzene rings is 1. The smallest absolute Gasteiger partial charge is 0.312 e. The number of fused-ring (bicyclic) bond motifs is 1. The van der Waals surface area contributed by atoms with E-state index >= 15 is 0 Å². The third-order valence-corrected chi connectivity index (χ3v) is 3.97. The van der Waals surface area contributed by atoms with Crippen LogP contribution >= 0.6 is 0 Å². The molecular weight excluding hydrogens is 282 g/mol. The number of ketones is 1. The molecule has 2 aromatic rings. The van der Waals surface area contributed by atoms with E-state index in [4.69, 9.17) is 4.74 Å². The zero-order chi connectivity index (χ0) is 15.7. The molecule has 114 valence electrons. The number of carboxylic acid groups (broad SMARTS) is 1. The van der Waals surface area contributed by atoms with Crippen molar-refractivity contribution in [2.75, 3.05) is 6.61 Å². The zero-order valence-corrected chi connectivity index (χ0v) is 12.3. The number of carboxylic acids is 1. The molecule has 1 unspecified atom stereocenters. The van der Waals surface area contributed by atoms with Crippen molar-refractivity contribution in [3.63, 3.8) is 0 Å². The van der Waals surface area contributed by atoms with Gasteiger partial charge in [-0.15, -0.1) is 0 Å². The number of ether oxygens (including phenoxy) is 1. The van der Waals surface area contributed by atoms with Crippen molar-refractivity contribution < 1.29 is 19.4 Å². The van der Waals surface area contributed by atoms with Crippen molar-refractivity contribution in [1.29, 1.82) is 0 Å². The highest BCUT2D eigenvalue weighted by molar-refractivity contribution is 6.08. The Morgan fingerprint density at radius 1 is 1.23 bits per heavy atom. The van der Waals surface area contributed by atoms with E-state index in [1.54, 1.807) is 36.4 Å². The molecule has 0 aliphatic carbocycles. The summed E-state index contributed by atoms with van der Waals surface area (Å²) in [6.45, 7) is 3.05. The summed E-state index contributed by atoms with van der Waals surface area (Å²) in [7, 11) is 0. The maximum Gasteiger partial charge on any atom is 0.312 e. The number of carbonyl (C=O) groups is 2. The predicted octanol–water partition coefficient (Wildman–Crippen LogP) is 2.69. The maximum atomic E-state index is 12.6. The molecule has 0 fully saturated rings. The summed E-state index contributed by atoms with van der Waals surface area (Å²) >= 11 is 0. The summed E-state index contributed by atoms with van der Waals surface area (Å²) < 4.78 is 7.18. The van der Waals surface area contributed by atoms with E-state index in [1.807, 2.05) is 11.5 Å². The third-order valence-electron chi connectivity index (χ3n) is 3.97. The largest absolute Gasteiger partial charge is 0.494 e. The van der Waals surface area contributed by atoms with Crippen LogP contribution in [0.25, 0.3) is 0 Å². The number of carbonyl (C=O) groups excluding carboxylic acids is 1. The standard InChI is InChI=1S/C17H17NO4/c1-2-22-12-5-3-11(4-6-12)16(19)15-8-7-14-13(17(20)21)9-10-18(14)15/h3-8,13H,2,9-10H2,1H3,(H,20,21). The lowest BCUT2D eigenvalue weighted by molar-refractivity contribution is -0.138. The van der Waals surface area contributed by atoms with Gasteiger partial charge in [0.15, 0.2) is 0 Å². The minimum Gasteiger partial charge on any atom is -0.494 e. The predicted molar refractivity (Wildman–Crippen MR) is 80.5 cm³/mol. The molecule has 3 rings (SSSR count). The first-order valence-corrected chi connectivity index (χ1v) is 7.31. The number of aliphatic carboxylic acids is 1. The molecule has 5 heteroatoms. The Hall–Kier alpha value is -2.56. The molecule has 2 heterocycles. The lowest BCUT2D eigenvalue weighted by Crippen LogP contribution is -2.10. The van der Waals surface area contributed by atoms with Crippen LogP contribution in [0.4, 0.5) is 0 Å². The average Bonchev–Trinajstić information content (AvgIpc) is 3.08. The first-order valence-electron chi connectivity index (χ1n) is 7.31. The Kier molecular flexibility index (Phi) is 3.71. The number of nitrogens with zero attached hydrogens (tertiary/aromatic N) is 1. The van der Waals surface area contributed by atoms with Crippen LogP contribution < -0.4 is 4.74 Å². The van der Waals surface area contributed by atoms with Gasteiger partial charge in [0.2, 0.25) is 5.78 Å². The van der Waals surface area contributed by atoms with E-state index in [-0.39, 0.29) is 5.78 Å². The Bertz CT molecular complexity index is 715. The molecule has 1 aliphatic heterocycles. The number of hydrogen-bond donors (Lipinski definition) is 1. The third kappa shape index (κ3) is 2.39. The van der Waals surface area contributed by atoms with Crippen molar-refractivity contribution in [2.24, 2.45) is 0 Å². The minimum absolute atomic E-state index is 0.0969. The van der Waals surface area contributed by atoms with Crippen molar-refractivity contribution in [3.05, 3.63) is 53.3 Å². The normalized spacial score (nSPS) is 16.3. The second-order valence-corrected chi connectivity index (χ2v) is 5.26. The summed E-state index contributed by atoms with van der Waals surface area (Å²) in [6.07, 6.45) is 0.537. The minimum atomic E-state index is -0.836. The molecule has 0 saturated heterocycles. The average molecular weight is 299 g/mol. The van der Waals surface area contributed by atoms with E-state index in [9.17, 15) is 14.7 Å². The van der Waals surface area contributed by atoms with E-state index in [0.29, 0.717) is 36.5 Å². The lowest BCUT2D eigenvalue weighted by atomic mass is 10.1. The summed E-state index contributed by atoms with van der Waals surface area (Å²) in [5.41, 5.74) is 1.83. The van der Waals surface area contributed by atoms with Crippen LogP contribution in [0.3, 0.4) is 0 Å². The quantitative estimate of drug-likeness (QED) is 0.862. The van der Waals surface area contributed by atoms with Gasteiger partial charge in [-0.2, -0.15) is 0 Å². The number of aromatic nitrogens is 1. The first-order chi connectivity index (χ1) is 10.6. The van der Waals surface area contributed by atoms with E-state index < -0.39 is 11.9 Å². The molecule has 0 radical (unpaired) electrons. The van der Waals surface area contributed by atoms with Crippen LogP contribution in [0.1, 0.15) is 41.0 Å². The van der Waals surface area contributed by atoms with Gasteiger partial charge in [0.05, 0.1) is 18.2 Å². The van der Waals surface area contributed by atoms with Gasteiger partial charge >= 0.3 is 5.97 Å². The van der Waals surface area contributed by atoms with Crippen molar-refractivity contribution >= 4 is 11.8 Å².